The first-order valence-corrected chi connectivity index (χ1v) is 9.77. The monoisotopic (exact) mass is 397 g/mol. The molecule has 9 heteroatoms. The number of nitrogens with zero attached hydrogens (tertiary/aromatic N) is 4. The Morgan fingerprint density at radius 3 is 2.86 bits per heavy atom. The van der Waals surface area contributed by atoms with E-state index in [2.05, 4.69) is 20.8 Å². The summed E-state index contributed by atoms with van der Waals surface area (Å²) in [4.78, 5) is 12.4. The summed E-state index contributed by atoms with van der Waals surface area (Å²) in [6, 6.07) is 11.3. The van der Waals surface area contributed by atoms with Gasteiger partial charge >= 0.3 is 0 Å². The van der Waals surface area contributed by atoms with Gasteiger partial charge in [-0.05, 0) is 53.6 Å². The number of aryl methyl sites for hydroxylation is 1. The van der Waals surface area contributed by atoms with E-state index in [1.54, 1.807) is 4.68 Å². The fourth-order valence-electron chi connectivity index (χ4n) is 2.80. The highest BCUT2D eigenvalue weighted by molar-refractivity contribution is 7.99. The van der Waals surface area contributed by atoms with Crippen molar-refractivity contribution in [2.24, 2.45) is 0 Å². The number of hydrogen-bond donors (Lipinski definition) is 1. The Bertz CT molecular complexity index is 1020. The number of carbonyl (C=O) groups is 1. The Kier molecular flexibility index (Phi) is 5.16. The summed E-state index contributed by atoms with van der Waals surface area (Å²) in [7, 11) is 0. The lowest BCUT2D eigenvalue weighted by molar-refractivity contribution is -0.113. The molecule has 1 N–H and O–H groups in total. The summed E-state index contributed by atoms with van der Waals surface area (Å²) >= 11 is 1.27. The fraction of sp³-hybridized carbons (Fsp3) is 0.263. The van der Waals surface area contributed by atoms with Gasteiger partial charge in [-0.25, -0.2) is 0 Å². The number of thioether (sulfide) groups is 1. The van der Waals surface area contributed by atoms with E-state index in [1.165, 1.54) is 11.8 Å². The first-order chi connectivity index (χ1) is 13.6. The molecule has 0 atom stereocenters. The Labute approximate surface area is 166 Å². The van der Waals surface area contributed by atoms with E-state index in [9.17, 15) is 4.79 Å². The van der Waals surface area contributed by atoms with Crippen molar-refractivity contribution in [3.8, 4) is 17.2 Å². The van der Waals surface area contributed by atoms with E-state index in [4.69, 9.17) is 9.47 Å². The van der Waals surface area contributed by atoms with Crippen LogP contribution >= 0.6 is 11.8 Å². The van der Waals surface area contributed by atoms with Crippen LogP contribution in [0.3, 0.4) is 0 Å². The van der Waals surface area contributed by atoms with Crippen LogP contribution in [0.15, 0.2) is 41.6 Å². The number of tetrazole rings is 1. The molecule has 3 aromatic rings. The van der Waals surface area contributed by atoms with Gasteiger partial charge in [0.15, 0.2) is 11.5 Å². The van der Waals surface area contributed by atoms with Crippen LogP contribution in [0.4, 0.5) is 5.69 Å². The second kappa shape index (κ2) is 7.89. The molecule has 1 amide bonds. The average Bonchev–Trinajstić information content (AvgIpc) is 3.18. The fourth-order valence-corrected chi connectivity index (χ4v) is 3.49. The van der Waals surface area contributed by atoms with E-state index in [-0.39, 0.29) is 11.7 Å². The molecule has 144 valence electrons. The van der Waals surface area contributed by atoms with Gasteiger partial charge in [0.05, 0.1) is 11.4 Å². The molecule has 1 aromatic heterocycles. The standard InChI is InChI=1S/C19H19N5O3S/c1-12-4-3-5-15(13(12)2)20-18(25)11-28-19-21-22-23-24(19)14-6-7-16-17(10-14)27-9-8-26-16/h3-7,10H,8-9,11H2,1-2H3,(H,20,25). The number of anilines is 1. The number of hydrogen-bond acceptors (Lipinski definition) is 7. The van der Waals surface area contributed by atoms with E-state index in [1.807, 2.05) is 50.2 Å². The molecular formula is C19H19N5O3S. The third kappa shape index (κ3) is 3.79. The van der Waals surface area contributed by atoms with Crippen molar-refractivity contribution in [3.05, 3.63) is 47.5 Å². The van der Waals surface area contributed by atoms with Gasteiger partial charge in [-0.3, -0.25) is 4.79 Å². The maximum absolute atomic E-state index is 12.4. The number of amides is 1. The van der Waals surface area contributed by atoms with Crippen molar-refractivity contribution >= 4 is 23.4 Å². The van der Waals surface area contributed by atoms with Crippen molar-refractivity contribution in [2.75, 3.05) is 24.3 Å². The van der Waals surface area contributed by atoms with Crippen LogP contribution in [0.25, 0.3) is 5.69 Å². The molecule has 2 heterocycles. The van der Waals surface area contributed by atoms with E-state index < -0.39 is 0 Å². The van der Waals surface area contributed by atoms with Crippen LogP contribution in [-0.4, -0.2) is 45.1 Å². The number of aromatic nitrogens is 4. The highest BCUT2D eigenvalue weighted by Crippen LogP contribution is 2.32. The van der Waals surface area contributed by atoms with Gasteiger partial charge in [0.25, 0.3) is 0 Å². The van der Waals surface area contributed by atoms with E-state index in [0.29, 0.717) is 29.9 Å². The largest absolute Gasteiger partial charge is 0.486 e. The molecule has 0 bridgehead atoms. The molecule has 0 saturated heterocycles. The first-order valence-electron chi connectivity index (χ1n) is 8.79. The predicted molar refractivity (Wildman–Crippen MR) is 105 cm³/mol. The Morgan fingerprint density at radius 2 is 2.00 bits per heavy atom. The number of benzene rings is 2. The second-order valence-corrected chi connectivity index (χ2v) is 7.23. The van der Waals surface area contributed by atoms with Crippen LogP contribution in [0, 0.1) is 13.8 Å². The molecule has 8 nitrogen and oxygen atoms in total. The minimum Gasteiger partial charge on any atom is -0.486 e. The Morgan fingerprint density at radius 1 is 1.18 bits per heavy atom. The van der Waals surface area contributed by atoms with Crippen LogP contribution in [0.2, 0.25) is 0 Å². The normalized spacial score (nSPS) is 12.6. The Hall–Kier alpha value is -3.07. The van der Waals surface area contributed by atoms with Gasteiger partial charge < -0.3 is 14.8 Å². The summed E-state index contributed by atoms with van der Waals surface area (Å²) in [5, 5.41) is 15.3. The minimum absolute atomic E-state index is 0.115. The van der Waals surface area contributed by atoms with Crippen molar-refractivity contribution in [1.29, 1.82) is 0 Å². The molecule has 0 aliphatic carbocycles. The summed E-state index contributed by atoms with van der Waals surface area (Å²) in [6.45, 7) is 5.04. The lowest BCUT2D eigenvalue weighted by Crippen LogP contribution is -2.16. The van der Waals surface area contributed by atoms with Crippen LogP contribution in [0.5, 0.6) is 11.5 Å². The first kappa shape index (κ1) is 18.3. The smallest absolute Gasteiger partial charge is 0.234 e. The number of carbonyl (C=O) groups excluding carboxylic acids is 1. The molecule has 0 saturated carbocycles. The number of fused-ring (bicyclic) bond motifs is 1. The lowest BCUT2D eigenvalue weighted by atomic mass is 10.1. The topological polar surface area (TPSA) is 91.2 Å². The molecule has 2 aromatic carbocycles. The van der Waals surface area contributed by atoms with Crippen LogP contribution in [-0.2, 0) is 4.79 Å². The molecule has 1 aliphatic heterocycles. The number of nitrogens with one attached hydrogen (secondary N) is 1. The molecule has 0 fully saturated rings. The molecule has 28 heavy (non-hydrogen) atoms. The average molecular weight is 397 g/mol. The molecule has 0 spiro atoms. The summed E-state index contributed by atoms with van der Waals surface area (Å²) < 4.78 is 12.7. The van der Waals surface area contributed by atoms with Gasteiger partial charge in [-0.2, -0.15) is 4.68 Å². The van der Waals surface area contributed by atoms with Crippen molar-refractivity contribution in [3.63, 3.8) is 0 Å². The van der Waals surface area contributed by atoms with Crippen molar-refractivity contribution < 1.29 is 14.3 Å². The van der Waals surface area contributed by atoms with Gasteiger partial charge in [0.1, 0.15) is 13.2 Å². The van der Waals surface area contributed by atoms with Crippen LogP contribution < -0.4 is 14.8 Å². The van der Waals surface area contributed by atoms with Crippen molar-refractivity contribution in [2.45, 2.75) is 19.0 Å². The van der Waals surface area contributed by atoms with E-state index >= 15 is 0 Å². The molecule has 0 radical (unpaired) electrons. The molecular weight excluding hydrogens is 378 g/mol. The minimum atomic E-state index is -0.115. The SMILES string of the molecule is Cc1cccc(NC(=O)CSc2nnnn2-c2ccc3c(c2)OCCO3)c1C. The zero-order chi connectivity index (χ0) is 19.5. The Balaban J connectivity index is 1.45. The predicted octanol–water partition coefficient (Wildman–Crippen LogP) is 2.78. The van der Waals surface area contributed by atoms with Crippen molar-refractivity contribution in [1.82, 2.24) is 20.2 Å². The second-order valence-electron chi connectivity index (χ2n) is 6.29. The van der Waals surface area contributed by atoms with Gasteiger partial charge in [-0.15, -0.1) is 5.10 Å². The zero-order valence-corrected chi connectivity index (χ0v) is 16.3. The summed E-state index contributed by atoms with van der Waals surface area (Å²) in [5.41, 5.74) is 3.75. The lowest BCUT2D eigenvalue weighted by Gasteiger charge is -2.18. The quantitative estimate of drug-likeness (QED) is 0.662. The third-order valence-electron chi connectivity index (χ3n) is 4.42. The zero-order valence-electron chi connectivity index (χ0n) is 15.5. The van der Waals surface area contributed by atoms with Gasteiger partial charge in [0, 0.05) is 11.8 Å². The highest BCUT2D eigenvalue weighted by Gasteiger charge is 2.16. The van der Waals surface area contributed by atoms with Gasteiger partial charge in [-0.1, -0.05) is 23.9 Å². The number of ether oxygens (including phenoxy) is 2. The molecule has 0 unspecified atom stereocenters. The maximum atomic E-state index is 12.4. The summed E-state index contributed by atoms with van der Waals surface area (Å²) in [5.74, 6) is 1.43. The van der Waals surface area contributed by atoms with Crippen LogP contribution in [0.1, 0.15) is 11.1 Å². The molecule has 1 aliphatic rings. The highest BCUT2D eigenvalue weighted by atomic mass is 32.2. The maximum Gasteiger partial charge on any atom is 0.234 e. The third-order valence-corrected chi connectivity index (χ3v) is 5.34. The van der Waals surface area contributed by atoms with E-state index in [0.717, 1.165) is 22.5 Å². The number of rotatable bonds is 5. The molecule has 4 rings (SSSR count). The van der Waals surface area contributed by atoms with Gasteiger partial charge in [0.2, 0.25) is 11.1 Å². The summed E-state index contributed by atoms with van der Waals surface area (Å²) in [6.07, 6.45) is 0.